The average molecular weight is 522 g/mol. The molecule has 2 N–H and O–H groups in total. The van der Waals surface area contributed by atoms with Gasteiger partial charge in [-0.3, -0.25) is 4.79 Å². The zero-order valence-electron chi connectivity index (χ0n) is 19.2. The number of rotatable bonds is 6. The normalized spacial score (nSPS) is 16.6. The maximum atomic E-state index is 13.1. The number of carbonyl (C=O) groups is 2. The molecule has 0 bridgehead atoms. The topological polar surface area (TPSA) is 118 Å². The summed E-state index contributed by atoms with van der Waals surface area (Å²) in [4.78, 5) is 37.6. The summed E-state index contributed by atoms with van der Waals surface area (Å²) in [6, 6.07) is 4.26. The lowest BCUT2D eigenvalue weighted by Crippen LogP contribution is -2.29. The highest BCUT2D eigenvalue weighted by molar-refractivity contribution is 7.14. The molecule has 4 rings (SSSR count). The zero-order valence-corrected chi connectivity index (χ0v) is 20.1. The second-order valence-electron chi connectivity index (χ2n) is 8.31. The van der Waals surface area contributed by atoms with Crippen LogP contribution in [0.1, 0.15) is 46.0 Å². The maximum Gasteiger partial charge on any atom is 0.451 e. The number of ether oxygens (including phenoxy) is 1. The number of likely N-dealkylation sites (tertiary alicyclic amines) is 1. The van der Waals surface area contributed by atoms with Crippen LogP contribution in [0.2, 0.25) is 0 Å². The van der Waals surface area contributed by atoms with Gasteiger partial charge >= 0.3 is 12.3 Å². The molecule has 36 heavy (non-hydrogen) atoms. The van der Waals surface area contributed by atoms with Gasteiger partial charge in [-0.2, -0.15) is 13.2 Å². The molecule has 1 aliphatic rings. The van der Waals surface area contributed by atoms with Crippen molar-refractivity contribution in [1.29, 1.82) is 0 Å². The summed E-state index contributed by atoms with van der Waals surface area (Å²) < 4.78 is 44.2. The van der Waals surface area contributed by atoms with Gasteiger partial charge in [0.05, 0.1) is 12.6 Å². The smallest absolute Gasteiger partial charge is 0.451 e. The van der Waals surface area contributed by atoms with Gasteiger partial charge in [-0.1, -0.05) is 0 Å². The summed E-state index contributed by atoms with van der Waals surface area (Å²) in [6.07, 6.45) is -1.77. The van der Waals surface area contributed by atoms with Gasteiger partial charge in [-0.15, -0.1) is 11.3 Å². The number of hydrogen-bond acceptors (Lipinski definition) is 7. The van der Waals surface area contributed by atoms with Gasteiger partial charge in [0.15, 0.2) is 0 Å². The highest BCUT2D eigenvalue weighted by Gasteiger charge is 2.34. The molecule has 1 aromatic carbocycles. The average Bonchev–Trinajstić information content (AvgIpc) is 3.47. The van der Waals surface area contributed by atoms with Crippen LogP contribution in [0.5, 0.6) is 5.75 Å². The Morgan fingerprint density at radius 1 is 1.19 bits per heavy atom. The lowest BCUT2D eigenvalue weighted by Gasteiger charge is -2.17. The van der Waals surface area contributed by atoms with Crippen molar-refractivity contribution < 1.29 is 32.6 Å². The Morgan fingerprint density at radius 3 is 2.50 bits per heavy atom. The van der Waals surface area contributed by atoms with Crippen LogP contribution >= 0.6 is 11.3 Å². The van der Waals surface area contributed by atoms with Crippen molar-refractivity contribution in [2.45, 2.75) is 38.6 Å². The van der Waals surface area contributed by atoms with Crippen molar-refractivity contribution in [3.05, 3.63) is 58.6 Å². The van der Waals surface area contributed by atoms with Crippen molar-refractivity contribution in [1.82, 2.24) is 25.2 Å². The maximum absolute atomic E-state index is 13.1. The van der Waals surface area contributed by atoms with Crippen LogP contribution in [0, 0.1) is 6.92 Å². The number of nitrogens with zero attached hydrogens (tertiary/aromatic N) is 4. The largest absolute Gasteiger partial charge is 0.488 e. The second kappa shape index (κ2) is 10.1. The lowest BCUT2D eigenvalue weighted by molar-refractivity contribution is -0.145. The fourth-order valence-corrected chi connectivity index (χ4v) is 4.42. The number of halogens is 3. The van der Waals surface area contributed by atoms with E-state index >= 15 is 0 Å². The van der Waals surface area contributed by atoms with E-state index in [9.17, 15) is 27.9 Å². The van der Waals surface area contributed by atoms with Gasteiger partial charge in [-0.25, -0.2) is 19.7 Å². The van der Waals surface area contributed by atoms with Crippen molar-refractivity contribution >= 4 is 23.3 Å². The third-order valence-corrected chi connectivity index (χ3v) is 6.49. The predicted octanol–water partition coefficient (Wildman–Crippen LogP) is 4.55. The van der Waals surface area contributed by atoms with Crippen molar-refractivity contribution in [3.63, 3.8) is 0 Å². The van der Waals surface area contributed by atoms with E-state index in [-0.39, 0.29) is 18.2 Å². The number of benzene rings is 1. The summed E-state index contributed by atoms with van der Waals surface area (Å²) in [5.74, 6) is -1.36. The summed E-state index contributed by atoms with van der Waals surface area (Å²) in [5.41, 5.74) is 1.21. The predicted molar refractivity (Wildman–Crippen MR) is 124 cm³/mol. The Labute approximate surface area is 208 Å². The SMILES string of the molecule is Cc1cnc(-c2cc(O[C@H]3CCN(C(=O)O)C3)cc(C(=O)NC(C)c3cnc(C(F)(F)F)nc3)c2)s1. The van der Waals surface area contributed by atoms with Crippen LogP contribution in [-0.4, -0.2) is 56.2 Å². The van der Waals surface area contributed by atoms with Gasteiger partial charge in [0.1, 0.15) is 16.9 Å². The van der Waals surface area contributed by atoms with Gasteiger partial charge in [0.2, 0.25) is 5.82 Å². The van der Waals surface area contributed by atoms with Crippen LogP contribution in [-0.2, 0) is 6.18 Å². The van der Waals surface area contributed by atoms with E-state index in [1.54, 1.807) is 31.3 Å². The molecule has 1 fully saturated rings. The van der Waals surface area contributed by atoms with E-state index < -0.39 is 30.0 Å². The molecule has 13 heteroatoms. The van der Waals surface area contributed by atoms with Gasteiger partial charge in [0, 0.05) is 53.1 Å². The summed E-state index contributed by atoms with van der Waals surface area (Å²) in [5, 5.41) is 12.6. The summed E-state index contributed by atoms with van der Waals surface area (Å²) >= 11 is 1.44. The minimum atomic E-state index is -4.66. The molecule has 2 aromatic heterocycles. The third-order valence-electron chi connectivity index (χ3n) is 5.53. The van der Waals surface area contributed by atoms with E-state index in [1.807, 2.05) is 6.92 Å². The molecule has 2 amide bonds. The van der Waals surface area contributed by atoms with Crippen LogP contribution in [0.15, 0.2) is 36.8 Å². The van der Waals surface area contributed by atoms with Crippen molar-refractivity contribution in [2.24, 2.45) is 0 Å². The first-order valence-corrected chi connectivity index (χ1v) is 11.7. The third kappa shape index (κ3) is 5.90. The molecule has 1 saturated heterocycles. The lowest BCUT2D eigenvalue weighted by atomic mass is 10.1. The number of hydrogen-bond donors (Lipinski definition) is 2. The van der Waals surface area contributed by atoms with Crippen LogP contribution < -0.4 is 10.1 Å². The number of alkyl halides is 3. The molecule has 0 aliphatic carbocycles. The van der Waals surface area contributed by atoms with E-state index in [0.29, 0.717) is 34.8 Å². The first kappa shape index (κ1) is 25.4. The van der Waals surface area contributed by atoms with Gasteiger partial charge < -0.3 is 20.1 Å². The molecule has 3 heterocycles. The second-order valence-corrected chi connectivity index (χ2v) is 9.55. The minimum absolute atomic E-state index is 0.211. The highest BCUT2D eigenvalue weighted by Crippen LogP contribution is 2.31. The fraction of sp³-hybridized carbons (Fsp3) is 0.348. The Balaban J connectivity index is 1.55. The molecule has 1 aliphatic heterocycles. The van der Waals surface area contributed by atoms with Gasteiger partial charge in [-0.05, 0) is 32.0 Å². The number of carboxylic acid groups (broad SMARTS) is 1. The van der Waals surface area contributed by atoms with E-state index in [4.69, 9.17) is 4.74 Å². The highest BCUT2D eigenvalue weighted by atomic mass is 32.1. The summed E-state index contributed by atoms with van der Waals surface area (Å²) in [6.45, 7) is 4.07. The van der Waals surface area contributed by atoms with E-state index in [0.717, 1.165) is 17.3 Å². The van der Waals surface area contributed by atoms with Crippen molar-refractivity contribution in [2.75, 3.05) is 13.1 Å². The molecule has 0 radical (unpaired) electrons. The number of thiazole rings is 1. The molecular weight excluding hydrogens is 499 g/mol. The Kier molecular flexibility index (Phi) is 7.11. The first-order chi connectivity index (χ1) is 17.0. The van der Waals surface area contributed by atoms with Crippen LogP contribution in [0.4, 0.5) is 18.0 Å². The van der Waals surface area contributed by atoms with Crippen LogP contribution in [0.25, 0.3) is 10.6 Å². The van der Waals surface area contributed by atoms with Gasteiger partial charge in [0.25, 0.3) is 5.91 Å². The molecular formula is C23H22F3N5O4S. The molecule has 190 valence electrons. The van der Waals surface area contributed by atoms with E-state index in [2.05, 4.69) is 20.3 Å². The van der Waals surface area contributed by atoms with E-state index in [1.165, 1.54) is 16.2 Å². The fourth-order valence-electron chi connectivity index (χ4n) is 3.67. The monoisotopic (exact) mass is 521 g/mol. The molecule has 2 atom stereocenters. The first-order valence-electron chi connectivity index (χ1n) is 10.9. The number of aromatic nitrogens is 3. The summed E-state index contributed by atoms with van der Waals surface area (Å²) in [7, 11) is 0. The molecule has 1 unspecified atom stereocenters. The number of nitrogens with one attached hydrogen (secondary N) is 1. The Morgan fingerprint density at radius 2 is 1.92 bits per heavy atom. The number of amides is 2. The Bertz CT molecular complexity index is 1270. The molecule has 3 aromatic rings. The standard InChI is InChI=1S/C23H22F3N5O4S/c1-12-8-27-20(36-12)15-5-14(6-18(7-15)35-17-3-4-31(11-17)22(33)34)19(32)30-13(2)16-9-28-21(29-10-16)23(24,25)26/h5-10,13,17H,3-4,11H2,1-2H3,(H,30,32)(H,33,34)/t13?,17-/m0/s1. The molecule has 9 nitrogen and oxygen atoms in total. The Hall–Kier alpha value is -3.74. The minimum Gasteiger partial charge on any atom is -0.488 e. The van der Waals surface area contributed by atoms with Crippen molar-refractivity contribution in [3.8, 4) is 16.3 Å². The quantitative estimate of drug-likeness (QED) is 0.489. The zero-order chi connectivity index (χ0) is 26.0. The number of aryl methyl sites for hydroxylation is 1. The molecule has 0 spiro atoms. The molecule has 0 saturated carbocycles. The number of carbonyl (C=O) groups excluding carboxylic acids is 1. The van der Waals surface area contributed by atoms with Crippen LogP contribution in [0.3, 0.4) is 0 Å².